The van der Waals surface area contributed by atoms with E-state index < -0.39 is 0 Å². The van der Waals surface area contributed by atoms with Gasteiger partial charge in [0.1, 0.15) is 17.6 Å². The molecule has 106 valence electrons. The fraction of sp³-hybridized carbons (Fsp3) is 0.250. The van der Waals surface area contributed by atoms with Gasteiger partial charge in [0.2, 0.25) is 0 Å². The third-order valence-corrected chi connectivity index (χ3v) is 3.81. The Hall–Kier alpha value is -2.58. The summed E-state index contributed by atoms with van der Waals surface area (Å²) in [6.07, 6.45) is 2.04. The lowest BCUT2D eigenvalue weighted by Gasteiger charge is -2.15. The van der Waals surface area contributed by atoms with E-state index in [9.17, 15) is 10.4 Å². The van der Waals surface area contributed by atoms with Crippen molar-refractivity contribution in [1.29, 1.82) is 5.26 Å². The number of benzene rings is 1. The molecule has 1 aliphatic heterocycles. The smallest absolute Gasteiger partial charge is 0.142 e. The van der Waals surface area contributed by atoms with E-state index in [1.54, 1.807) is 18.2 Å². The van der Waals surface area contributed by atoms with Gasteiger partial charge < -0.3 is 16.2 Å². The SMILES string of the molecule is N#Cc1c([C@@H]2CCCN2)cc(-c2ccccc2O)nc1N. The quantitative estimate of drug-likeness (QED) is 0.784. The zero-order valence-electron chi connectivity index (χ0n) is 11.5. The Bertz CT molecular complexity index is 715. The van der Waals surface area contributed by atoms with Crippen LogP contribution in [-0.4, -0.2) is 16.6 Å². The number of para-hydroxylation sites is 1. The van der Waals surface area contributed by atoms with Crippen molar-refractivity contribution in [3.63, 3.8) is 0 Å². The number of nitriles is 1. The Balaban J connectivity index is 2.16. The number of anilines is 1. The van der Waals surface area contributed by atoms with Gasteiger partial charge in [-0.15, -0.1) is 0 Å². The molecule has 1 atom stereocenters. The van der Waals surface area contributed by atoms with Gasteiger partial charge in [-0.2, -0.15) is 5.26 Å². The minimum atomic E-state index is 0.120. The van der Waals surface area contributed by atoms with Crippen LogP contribution in [-0.2, 0) is 0 Å². The number of rotatable bonds is 2. The first-order valence-electron chi connectivity index (χ1n) is 6.93. The van der Waals surface area contributed by atoms with Crippen molar-refractivity contribution in [2.75, 3.05) is 12.3 Å². The number of nitrogens with one attached hydrogen (secondary N) is 1. The van der Waals surface area contributed by atoms with Crippen molar-refractivity contribution >= 4 is 5.82 Å². The molecule has 3 rings (SSSR count). The number of hydrogen-bond acceptors (Lipinski definition) is 5. The molecule has 1 aliphatic rings. The Morgan fingerprint density at radius 1 is 1.38 bits per heavy atom. The normalized spacial score (nSPS) is 17.6. The van der Waals surface area contributed by atoms with Gasteiger partial charge in [0.05, 0.1) is 11.3 Å². The van der Waals surface area contributed by atoms with E-state index in [0.717, 1.165) is 24.9 Å². The molecule has 2 heterocycles. The van der Waals surface area contributed by atoms with Crippen LogP contribution in [0.5, 0.6) is 5.75 Å². The minimum absolute atomic E-state index is 0.120. The Labute approximate surface area is 123 Å². The van der Waals surface area contributed by atoms with Crippen LogP contribution < -0.4 is 11.1 Å². The molecule has 0 aliphatic carbocycles. The molecule has 21 heavy (non-hydrogen) atoms. The van der Waals surface area contributed by atoms with Crippen molar-refractivity contribution in [2.24, 2.45) is 0 Å². The summed E-state index contributed by atoms with van der Waals surface area (Å²) in [5.74, 6) is 0.362. The number of pyridine rings is 1. The maximum Gasteiger partial charge on any atom is 0.142 e. The second-order valence-electron chi connectivity index (χ2n) is 5.13. The highest BCUT2D eigenvalue weighted by atomic mass is 16.3. The molecule has 0 unspecified atom stereocenters. The summed E-state index contributed by atoms with van der Waals surface area (Å²) in [5.41, 5.74) is 8.44. The highest BCUT2D eigenvalue weighted by Crippen LogP contribution is 2.34. The number of aromatic hydroxyl groups is 1. The molecule has 1 fully saturated rings. The van der Waals surface area contributed by atoms with Gasteiger partial charge >= 0.3 is 0 Å². The molecule has 0 spiro atoms. The van der Waals surface area contributed by atoms with Crippen LogP contribution in [0.4, 0.5) is 5.82 Å². The van der Waals surface area contributed by atoms with E-state index in [1.165, 1.54) is 0 Å². The Kier molecular flexibility index (Phi) is 3.46. The van der Waals surface area contributed by atoms with E-state index in [2.05, 4.69) is 16.4 Å². The van der Waals surface area contributed by atoms with E-state index in [4.69, 9.17) is 5.73 Å². The van der Waals surface area contributed by atoms with Crippen molar-refractivity contribution < 1.29 is 5.11 Å². The lowest BCUT2D eigenvalue weighted by Crippen LogP contribution is -2.15. The average Bonchev–Trinajstić information content (AvgIpc) is 3.01. The number of nitrogen functional groups attached to an aromatic ring is 1. The van der Waals surface area contributed by atoms with Crippen LogP contribution in [0.1, 0.15) is 30.0 Å². The molecular formula is C16H16N4O. The van der Waals surface area contributed by atoms with Gasteiger partial charge in [-0.1, -0.05) is 12.1 Å². The maximum absolute atomic E-state index is 9.98. The first-order valence-corrected chi connectivity index (χ1v) is 6.93. The number of aromatic nitrogens is 1. The molecule has 4 N–H and O–H groups in total. The predicted molar refractivity (Wildman–Crippen MR) is 80.4 cm³/mol. The van der Waals surface area contributed by atoms with Crippen molar-refractivity contribution in [3.8, 4) is 23.1 Å². The second kappa shape index (κ2) is 5.43. The maximum atomic E-state index is 9.98. The van der Waals surface area contributed by atoms with E-state index >= 15 is 0 Å². The van der Waals surface area contributed by atoms with Crippen LogP contribution in [0.2, 0.25) is 0 Å². The van der Waals surface area contributed by atoms with E-state index in [0.29, 0.717) is 16.8 Å². The predicted octanol–water partition coefficient (Wildman–Crippen LogP) is 2.33. The third-order valence-electron chi connectivity index (χ3n) is 3.81. The summed E-state index contributed by atoms with van der Waals surface area (Å²) in [4.78, 5) is 4.27. The summed E-state index contributed by atoms with van der Waals surface area (Å²) in [5, 5.41) is 22.7. The number of hydrogen-bond donors (Lipinski definition) is 3. The summed E-state index contributed by atoms with van der Waals surface area (Å²) >= 11 is 0. The first kappa shape index (κ1) is 13.4. The van der Waals surface area contributed by atoms with E-state index in [1.807, 2.05) is 12.1 Å². The second-order valence-corrected chi connectivity index (χ2v) is 5.13. The lowest BCUT2D eigenvalue weighted by atomic mass is 9.97. The zero-order valence-corrected chi connectivity index (χ0v) is 11.5. The number of nitrogens with zero attached hydrogens (tertiary/aromatic N) is 2. The molecule has 5 nitrogen and oxygen atoms in total. The summed E-state index contributed by atoms with van der Waals surface area (Å²) < 4.78 is 0. The fourth-order valence-corrected chi connectivity index (χ4v) is 2.76. The molecule has 1 aromatic heterocycles. The largest absolute Gasteiger partial charge is 0.507 e. The molecule has 2 aromatic rings. The fourth-order valence-electron chi connectivity index (χ4n) is 2.76. The molecule has 0 bridgehead atoms. The van der Waals surface area contributed by atoms with Crippen LogP contribution in [0, 0.1) is 11.3 Å². The Morgan fingerprint density at radius 2 is 2.19 bits per heavy atom. The lowest BCUT2D eigenvalue weighted by molar-refractivity contribution is 0.477. The molecule has 0 radical (unpaired) electrons. The first-order chi connectivity index (χ1) is 10.2. The van der Waals surface area contributed by atoms with Crippen molar-refractivity contribution in [3.05, 3.63) is 41.5 Å². The number of phenols is 1. The van der Waals surface area contributed by atoms with Crippen molar-refractivity contribution in [1.82, 2.24) is 10.3 Å². The highest BCUT2D eigenvalue weighted by Gasteiger charge is 2.23. The van der Waals surface area contributed by atoms with Gasteiger partial charge in [-0.25, -0.2) is 4.98 Å². The highest BCUT2D eigenvalue weighted by molar-refractivity contribution is 5.71. The molecule has 5 heteroatoms. The van der Waals surface area contributed by atoms with Gasteiger partial charge in [-0.3, -0.25) is 0 Å². The average molecular weight is 280 g/mol. The van der Waals surface area contributed by atoms with Gasteiger partial charge in [0, 0.05) is 11.6 Å². The molecule has 1 aromatic carbocycles. The molecular weight excluding hydrogens is 264 g/mol. The van der Waals surface area contributed by atoms with Crippen LogP contribution >= 0.6 is 0 Å². The summed E-state index contributed by atoms with van der Waals surface area (Å²) in [6, 6.07) is 11.1. The summed E-state index contributed by atoms with van der Waals surface area (Å²) in [7, 11) is 0. The standard InChI is InChI=1S/C16H16N4O/c17-9-12-11(13-5-3-7-19-13)8-14(20-16(12)18)10-4-1-2-6-15(10)21/h1-2,4,6,8,13,19,21H,3,5,7H2,(H2,18,20)/t13-/m0/s1. The molecule has 0 amide bonds. The van der Waals surface area contributed by atoms with Crippen molar-refractivity contribution in [2.45, 2.75) is 18.9 Å². The van der Waals surface area contributed by atoms with Crippen LogP contribution in [0.25, 0.3) is 11.3 Å². The van der Waals surface area contributed by atoms with Crippen LogP contribution in [0.15, 0.2) is 30.3 Å². The Morgan fingerprint density at radius 3 is 2.86 bits per heavy atom. The van der Waals surface area contributed by atoms with Gasteiger partial charge in [0.25, 0.3) is 0 Å². The van der Waals surface area contributed by atoms with Gasteiger partial charge in [0.15, 0.2) is 0 Å². The molecule has 1 saturated heterocycles. The monoisotopic (exact) mass is 280 g/mol. The summed E-state index contributed by atoms with van der Waals surface area (Å²) in [6.45, 7) is 0.934. The van der Waals surface area contributed by atoms with E-state index in [-0.39, 0.29) is 17.6 Å². The van der Waals surface area contributed by atoms with Gasteiger partial charge in [-0.05, 0) is 43.1 Å². The van der Waals surface area contributed by atoms with Crippen LogP contribution in [0.3, 0.4) is 0 Å². The minimum Gasteiger partial charge on any atom is -0.507 e. The third kappa shape index (κ3) is 2.41. The number of nitrogens with two attached hydrogens (primary N) is 1. The topological polar surface area (TPSA) is 95.0 Å². The molecule has 0 saturated carbocycles. The number of phenolic OH excluding ortho intramolecular Hbond substituents is 1. The zero-order chi connectivity index (χ0) is 14.8.